The summed E-state index contributed by atoms with van der Waals surface area (Å²) in [4.78, 5) is 19.1. The molecule has 1 aliphatic heterocycles. The lowest BCUT2D eigenvalue weighted by molar-refractivity contribution is 0.0933. The van der Waals surface area contributed by atoms with Crippen molar-refractivity contribution in [2.45, 2.75) is 45.2 Å². The third kappa shape index (κ3) is 3.74. The molecule has 1 aliphatic carbocycles. The van der Waals surface area contributed by atoms with E-state index in [2.05, 4.69) is 33.4 Å². The van der Waals surface area contributed by atoms with E-state index in [9.17, 15) is 4.79 Å². The summed E-state index contributed by atoms with van der Waals surface area (Å²) in [6.45, 7) is 5.47. The Balaban J connectivity index is 1.38. The first kappa shape index (κ1) is 16.3. The Morgan fingerprint density at radius 1 is 1.16 bits per heavy atom. The number of hydrogen-bond donors (Lipinski definition) is 1. The van der Waals surface area contributed by atoms with Crippen LogP contribution in [0.2, 0.25) is 0 Å². The van der Waals surface area contributed by atoms with E-state index in [1.54, 1.807) is 12.3 Å². The van der Waals surface area contributed by atoms with Crippen LogP contribution in [-0.4, -0.2) is 34.9 Å². The minimum Gasteiger partial charge on any atom is -0.347 e. The maximum Gasteiger partial charge on any atom is 0.270 e. The van der Waals surface area contributed by atoms with Gasteiger partial charge in [-0.15, -0.1) is 0 Å². The van der Waals surface area contributed by atoms with E-state index in [-0.39, 0.29) is 11.9 Å². The molecule has 2 aliphatic rings. The second-order valence-corrected chi connectivity index (χ2v) is 7.39. The summed E-state index contributed by atoms with van der Waals surface area (Å²) in [5.74, 6) is -0.0740. The van der Waals surface area contributed by atoms with Crippen LogP contribution in [0.3, 0.4) is 0 Å². The fourth-order valence-corrected chi connectivity index (χ4v) is 3.93. The third-order valence-electron chi connectivity index (χ3n) is 5.29. The largest absolute Gasteiger partial charge is 0.347 e. The van der Waals surface area contributed by atoms with Gasteiger partial charge in [0.25, 0.3) is 5.91 Å². The van der Waals surface area contributed by atoms with E-state index in [4.69, 9.17) is 0 Å². The number of aromatic nitrogens is 1. The van der Waals surface area contributed by atoms with Gasteiger partial charge in [0.1, 0.15) is 5.69 Å². The highest BCUT2D eigenvalue weighted by molar-refractivity contribution is 5.92. The molecule has 130 valence electrons. The highest BCUT2D eigenvalue weighted by Gasteiger charge is 2.24. The van der Waals surface area contributed by atoms with Crippen LogP contribution in [0, 0.1) is 6.92 Å². The third-order valence-corrected chi connectivity index (χ3v) is 5.29. The van der Waals surface area contributed by atoms with Crippen molar-refractivity contribution in [3.05, 3.63) is 64.5 Å². The Hall–Kier alpha value is -2.20. The number of likely N-dealkylation sites (tertiary alicyclic amines) is 1. The number of pyridine rings is 1. The molecule has 1 amide bonds. The lowest BCUT2D eigenvalue weighted by Gasteiger charge is -2.15. The molecule has 0 spiro atoms. The summed E-state index contributed by atoms with van der Waals surface area (Å²) in [6.07, 6.45) is 6.22. The molecule has 2 heterocycles. The minimum atomic E-state index is -0.0740. The maximum absolute atomic E-state index is 12.4. The highest BCUT2D eigenvalue weighted by atomic mass is 16.1. The zero-order valence-corrected chi connectivity index (χ0v) is 14.8. The van der Waals surface area contributed by atoms with E-state index in [1.165, 1.54) is 42.6 Å². The predicted molar refractivity (Wildman–Crippen MR) is 98.6 cm³/mol. The molecule has 1 N–H and O–H groups in total. The average molecular weight is 335 g/mol. The Morgan fingerprint density at radius 3 is 2.72 bits per heavy atom. The predicted octanol–water partition coefficient (Wildman–Crippen LogP) is 2.88. The van der Waals surface area contributed by atoms with Crippen molar-refractivity contribution < 1.29 is 4.79 Å². The van der Waals surface area contributed by atoms with Gasteiger partial charge >= 0.3 is 0 Å². The van der Waals surface area contributed by atoms with Crippen LogP contribution in [0.25, 0.3) is 0 Å². The number of carbonyl (C=O) groups excluding carboxylic acids is 1. The lowest BCUT2D eigenvalue weighted by Crippen LogP contribution is -2.35. The van der Waals surface area contributed by atoms with Crippen molar-refractivity contribution in [1.82, 2.24) is 15.2 Å². The standard InChI is InChI=1S/C21H25N3O/c1-15-4-7-20(22-13-15)21(25)23-19-11-17-6-5-16(10-18(17)12-19)14-24-8-2-3-9-24/h4-7,10,13,19H,2-3,8-9,11-12,14H2,1H3,(H,23,25)/t19-/m1/s1. The number of hydrogen-bond acceptors (Lipinski definition) is 3. The monoisotopic (exact) mass is 335 g/mol. The zero-order chi connectivity index (χ0) is 17.2. The van der Waals surface area contributed by atoms with Crippen LogP contribution >= 0.6 is 0 Å². The molecule has 4 heteroatoms. The van der Waals surface area contributed by atoms with E-state index < -0.39 is 0 Å². The van der Waals surface area contributed by atoms with Gasteiger partial charge in [0, 0.05) is 18.8 Å². The van der Waals surface area contributed by atoms with Crippen LogP contribution in [0.15, 0.2) is 36.5 Å². The van der Waals surface area contributed by atoms with Crippen molar-refractivity contribution in [3.63, 3.8) is 0 Å². The normalized spacial score (nSPS) is 19.8. The number of nitrogens with one attached hydrogen (secondary N) is 1. The van der Waals surface area contributed by atoms with Crippen LogP contribution in [0.1, 0.15) is 45.6 Å². The second-order valence-electron chi connectivity index (χ2n) is 7.39. The molecule has 0 radical (unpaired) electrons. The SMILES string of the molecule is Cc1ccc(C(=O)N[C@@H]2Cc3ccc(CN4CCCC4)cc3C2)nc1. The van der Waals surface area contributed by atoms with Gasteiger partial charge in [0.15, 0.2) is 0 Å². The van der Waals surface area contributed by atoms with Gasteiger partial charge in [-0.1, -0.05) is 24.3 Å². The minimum absolute atomic E-state index is 0.0740. The van der Waals surface area contributed by atoms with Gasteiger partial charge in [0.2, 0.25) is 0 Å². The van der Waals surface area contributed by atoms with Crippen LogP contribution in [-0.2, 0) is 19.4 Å². The number of amides is 1. The molecule has 4 nitrogen and oxygen atoms in total. The van der Waals surface area contributed by atoms with Crippen molar-refractivity contribution in [2.75, 3.05) is 13.1 Å². The first-order valence-corrected chi connectivity index (χ1v) is 9.24. The Bertz CT molecular complexity index is 763. The maximum atomic E-state index is 12.4. The first-order chi connectivity index (χ1) is 12.2. The molecular formula is C21H25N3O. The molecular weight excluding hydrogens is 310 g/mol. The lowest BCUT2D eigenvalue weighted by atomic mass is 10.1. The summed E-state index contributed by atoms with van der Waals surface area (Å²) in [5.41, 5.74) is 5.71. The summed E-state index contributed by atoms with van der Waals surface area (Å²) < 4.78 is 0. The van der Waals surface area contributed by atoms with Gasteiger partial charge in [0.05, 0.1) is 0 Å². The number of aryl methyl sites for hydroxylation is 1. The van der Waals surface area contributed by atoms with Gasteiger partial charge in [-0.3, -0.25) is 14.7 Å². The fraction of sp³-hybridized carbons (Fsp3) is 0.429. The molecule has 1 fully saturated rings. The second kappa shape index (κ2) is 6.96. The van der Waals surface area contributed by atoms with Gasteiger partial charge in [-0.05, 0) is 74.0 Å². The molecule has 4 rings (SSSR count). The molecule has 2 aromatic rings. The summed E-state index contributed by atoms with van der Waals surface area (Å²) in [6, 6.07) is 10.7. The van der Waals surface area contributed by atoms with Gasteiger partial charge < -0.3 is 5.32 Å². The molecule has 0 bridgehead atoms. The number of rotatable bonds is 4. The van der Waals surface area contributed by atoms with Crippen LogP contribution < -0.4 is 5.32 Å². The highest BCUT2D eigenvalue weighted by Crippen LogP contribution is 2.25. The molecule has 25 heavy (non-hydrogen) atoms. The molecule has 1 aromatic carbocycles. The topological polar surface area (TPSA) is 45.2 Å². The molecule has 1 aromatic heterocycles. The number of carbonyl (C=O) groups is 1. The van der Waals surface area contributed by atoms with Gasteiger partial charge in [-0.25, -0.2) is 0 Å². The Labute approximate surface area is 149 Å². The van der Waals surface area contributed by atoms with E-state index in [1.807, 2.05) is 13.0 Å². The average Bonchev–Trinajstić information content (AvgIpc) is 3.24. The van der Waals surface area contributed by atoms with Crippen molar-refractivity contribution in [2.24, 2.45) is 0 Å². The Kier molecular flexibility index (Phi) is 4.53. The van der Waals surface area contributed by atoms with E-state index >= 15 is 0 Å². The van der Waals surface area contributed by atoms with Crippen LogP contribution in [0.4, 0.5) is 0 Å². The smallest absolute Gasteiger partial charge is 0.270 e. The summed E-state index contributed by atoms with van der Waals surface area (Å²) in [5, 5.41) is 3.14. The van der Waals surface area contributed by atoms with E-state index in [0.717, 1.165) is 24.9 Å². The van der Waals surface area contributed by atoms with Crippen molar-refractivity contribution in [1.29, 1.82) is 0 Å². The number of fused-ring (bicyclic) bond motifs is 1. The zero-order valence-electron chi connectivity index (χ0n) is 14.8. The molecule has 1 atom stereocenters. The Morgan fingerprint density at radius 2 is 1.96 bits per heavy atom. The fourth-order valence-electron chi connectivity index (χ4n) is 3.93. The molecule has 0 unspecified atom stereocenters. The van der Waals surface area contributed by atoms with Crippen molar-refractivity contribution >= 4 is 5.91 Å². The van der Waals surface area contributed by atoms with Crippen LogP contribution in [0.5, 0.6) is 0 Å². The first-order valence-electron chi connectivity index (χ1n) is 9.24. The summed E-state index contributed by atoms with van der Waals surface area (Å²) in [7, 11) is 0. The van der Waals surface area contributed by atoms with E-state index in [0.29, 0.717) is 5.69 Å². The van der Waals surface area contributed by atoms with Gasteiger partial charge in [-0.2, -0.15) is 0 Å². The summed E-state index contributed by atoms with van der Waals surface area (Å²) >= 11 is 0. The van der Waals surface area contributed by atoms with Crippen molar-refractivity contribution in [3.8, 4) is 0 Å². The number of benzene rings is 1. The molecule has 1 saturated heterocycles. The molecule has 0 saturated carbocycles. The quantitative estimate of drug-likeness (QED) is 0.934. The number of nitrogens with zero attached hydrogens (tertiary/aromatic N) is 2.